The molecule has 4 aromatic rings. The second-order valence-electron chi connectivity index (χ2n) is 9.04. The van der Waals surface area contributed by atoms with Gasteiger partial charge in [-0.05, 0) is 28.8 Å². The number of aliphatic hydroxyl groups is 3. The van der Waals surface area contributed by atoms with Crippen LogP contribution in [0.2, 0.25) is 0 Å². The van der Waals surface area contributed by atoms with Gasteiger partial charge in [0.2, 0.25) is 0 Å². The molecule has 3 N–H and O–H groups in total. The van der Waals surface area contributed by atoms with Crippen LogP contribution in [0.4, 0.5) is 0 Å². The maximum atomic E-state index is 10.9. The Morgan fingerprint density at radius 1 is 0.595 bits per heavy atom. The van der Waals surface area contributed by atoms with Crippen molar-refractivity contribution in [2.75, 3.05) is 6.61 Å². The van der Waals surface area contributed by atoms with Crippen molar-refractivity contribution < 1.29 is 24.8 Å². The molecule has 0 bridgehead atoms. The van der Waals surface area contributed by atoms with E-state index < -0.39 is 35.5 Å². The standard InChI is InChI=1S/C31H30O5S/c32-27-26(36-30(29(34)28(27)33)37-25-19-11-4-12-20-25)21-35-31(22-13-5-1-6-14-22,23-15-7-2-8-16-23)24-17-9-3-10-18-24/h1-20,26-30,32-34H,21H2/t26?,27-,28+,29?,30-/m1/s1. The molecular weight excluding hydrogens is 484 g/mol. The second-order valence-corrected chi connectivity index (χ2v) is 10.2. The Labute approximate surface area is 221 Å². The Balaban J connectivity index is 1.49. The van der Waals surface area contributed by atoms with Crippen LogP contribution < -0.4 is 0 Å². The highest BCUT2D eigenvalue weighted by Gasteiger charge is 2.46. The summed E-state index contributed by atoms with van der Waals surface area (Å²) in [6.45, 7) is -0.0184. The molecule has 0 saturated carbocycles. The fourth-order valence-electron chi connectivity index (χ4n) is 4.76. The maximum absolute atomic E-state index is 10.9. The maximum Gasteiger partial charge on any atom is 0.143 e. The number of rotatable bonds is 8. The van der Waals surface area contributed by atoms with Gasteiger partial charge in [0.15, 0.2) is 0 Å². The summed E-state index contributed by atoms with van der Waals surface area (Å²) < 4.78 is 13.0. The number of aliphatic hydroxyl groups excluding tert-OH is 3. The van der Waals surface area contributed by atoms with Crippen LogP contribution >= 0.6 is 11.8 Å². The Morgan fingerprint density at radius 3 is 1.49 bits per heavy atom. The molecule has 1 fully saturated rings. The van der Waals surface area contributed by atoms with Crippen molar-refractivity contribution in [2.45, 2.75) is 40.3 Å². The quantitative estimate of drug-likeness (QED) is 0.299. The fourth-order valence-corrected chi connectivity index (χ4v) is 5.84. The molecule has 1 aliphatic heterocycles. The highest BCUT2D eigenvalue weighted by atomic mass is 32.2. The van der Waals surface area contributed by atoms with Crippen LogP contribution in [-0.4, -0.2) is 51.8 Å². The number of hydrogen-bond donors (Lipinski definition) is 3. The van der Waals surface area contributed by atoms with E-state index in [1.165, 1.54) is 11.8 Å². The normalized spacial score (nSPS) is 24.0. The van der Waals surface area contributed by atoms with E-state index in [1.807, 2.05) is 121 Å². The molecule has 4 aromatic carbocycles. The van der Waals surface area contributed by atoms with Gasteiger partial charge >= 0.3 is 0 Å². The lowest BCUT2D eigenvalue weighted by molar-refractivity contribution is -0.216. The Hall–Kier alpha value is -2.97. The molecule has 0 aromatic heterocycles. The predicted octanol–water partition coefficient (Wildman–Crippen LogP) is 4.60. The third-order valence-corrected chi connectivity index (χ3v) is 7.84. The van der Waals surface area contributed by atoms with Crippen LogP contribution in [0.3, 0.4) is 0 Å². The van der Waals surface area contributed by atoms with Gasteiger partial charge in [0.1, 0.15) is 35.5 Å². The van der Waals surface area contributed by atoms with Gasteiger partial charge in [0.05, 0.1) is 6.61 Å². The second kappa shape index (κ2) is 11.6. The molecule has 0 aliphatic carbocycles. The number of benzene rings is 4. The number of ether oxygens (including phenoxy) is 2. The first-order valence-electron chi connectivity index (χ1n) is 12.3. The summed E-state index contributed by atoms with van der Waals surface area (Å²) in [5, 5.41) is 32.2. The lowest BCUT2D eigenvalue weighted by Crippen LogP contribution is -2.58. The summed E-state index contributed by atoms with van der Waals surface area (Å²) in [5.74, 6) is 0. The number of hydrogen-bond acceptors (Lipinski definition) is 6. The van der Waals surface area contributed by atoms with E-state index in [-0.39, 0.29) is 6.61 Å². The molecule has 190 valence electrons. The summed E-state index contributed by atoms with van der Waals surface area (Å²) in [6, 6.07) is 39.3. The van der Waals surface area contributed by atoms with Crippen molar-refractivity contribution >= 4 is 11.8 Å². The van der Waals surface area contributed by atoms with E-state index in [1.54, 1.807) is 0 Å². The summed E-state index contributed by atoms with van der Waals surface area (Å²) >= 11 is 1.31. The zero-order chi connectivity index (χ0) is 25.7. The summed E-state index contributed by atoms with van der Waals surface area (Å²) in [6.07, 6.45) is -4.81. The molecule has 37 heavy (non-hydrogen) atoms. The van der Waals surface area contributed by atoms with Gasteiger partial charge < -0.3 is 24.8 Å². The van der Waals surface area contributed by atoms with E-state index in [2.05, 4.69) is 0 Å². The molecule has 5 nitrogen and oxygen atoms in total. The van der Waals surface area contributed by atoms with Crippen LogP contribution in [0.5, 0.6) is 0 Å². The zero-order valence-corrected chi connectivity index (χ0v) is 21.0. The smallest absolute Gasteiger partial charge is 0.143 e. The minimum Gasteiger partial charge on any atom is -0.387 e. The van der Waals surface area contributed by atoms with Gasteiger partial charge in [-0.1, -0.05) is 121 Å². The lowest BCUT2D eigenvalue weighted by Gasteiger charge is -2.42. The molecule has 5 atom stereocenters. The zero-order valence-electron chi connectivity index (χ0n) is 20.2. The Morgan fingerprint density at radius 2 is 1.03 bits per heavy atom. The van der Waals surface area contributed by atoms with Gasteiger partial charge in [-0.3, -0.25) is 0 Å². The third-order valence-electron chi connectivity index (χ3n) is 6.67. The molecule has 1 saturated heterocycles. The molecule has 5 rings (SSSR count). The van der Waals surface area contributed by atoms with Crippen LogP contribution in [0.15, 0.2) is 126 Å². The lowest BCUT2D eigenvalue weighted by atomic mass is 9.80. The highest BCUT2D eigenvalue weighted by molar-refractivity contribution is 7.99. The summed E-state index contributed by atoms with van der Waals surface area (Å²) in [7, 11) is 0. The van der Waals surface area contributed by atoms with Crippen molar-refractivity contribution in [1.82, 2.24) is 0 Å². The molecule has 1 aliphatic rings. The van der Waals surface area contributed by atoms with Crippen LogP contribution in [0, 0.1) is 0 Å². The minimum absolute atomic E-state index is 0.0184. The first-order chi connectivity index (χ1) is 18.1. The SMILES string of the molecule is OC1[C@@H](Sc2ccccc2)OC(COC(c2ccccc2)(c2ccccc2)c2ccccc2)[C@@H](O)[C@@H]1O. The van der Waals surface area contributed by atoms with Crippen LogP contribution in [0.25, 0.3) is 0 Å². The first kappa shape index (κ1) is 25.7. The molecular formula is C31H30O5S. The Bertz CT molecular complexity index is 1140. The predicted molar refractivity (Wildman–Crippen MR) is 144 cm³/mol. The average molecular weight is 515 g/mol. The van der Waals surface area contributed by atoms with Crippen LogP contribution in [-0.2, 0) is 15.1 Å². The van der Waals surface area contributed by atoms with E-state index in [4.69, 9.17) is 9.47 Å². The van der Waals surface area contributed by atoms with Gasteiger partial charge in [-0.2, -0.15) is 0 Å². The summed E-state index contributed by atoms with van der Waals surface area (Å²) in [4.78, 5) is 0.891. The van der Waals surface area contributed by atoms with Crippen molar-refractivity contribution in [3.63, 3.8) is 0 Å². The Kier molecular flexibility index (Phi) is 8.05. The van der Waals surface area contributed by atoms with Crippen molar-refractivity contribution in [3.05, 3.63) is 138 Å². The number of thioether (sulfide) groups is 1. The minimum atomic E-state index is -1.37. The van der Waals surface area contributed by atoms with Crippen molar-refractivity contribution in [2.24, 2.45) is 0 Å². The van der Waals surface area contributed by atoms with E-state index in [0.717, 1.165) is 21.6 Å². The molecule has 0 radical (unpaired) electrons. The largest absolute Gasteiger partial charge is 0.387 e. The van der Waals surface area contributed by atoms with Gasteiger partial charge in [0.25, 0.3) is 0 Å². The van der Waals surface area contributed by atoms with E-state index >= 15 is 0 Å². The van der Waals surface area contributed by atoms with E-state index in [9.17, 15) is 15.3 Å². The molecule has 1 heterocycles. The van der Waals surface area contributed by atoms with Gasteiger partial charge in [-0.15, -0.1) is 0 Å². The van der Waals surface area contributed by atoms with Gasteiger partial charge in [0, 0.05) is 4.90 Å². The fraction of sp³-hybridized carbons (Fsp3) is 0.226. The topological polar surface area (TPSA) is 79.2 Å². The van der Waals surface area contributed by atoms with Crippen LogP contribution in [0.1, 0.15) is 16.7 Å². The van der Waals surface area contributed by atoms with Gasteiger partial charge in [-0.25, -0.2) is 0 Å². The average Bonchev–Trinajstić information content (AvgIpc) is 2.96. The molecule has 6 heteroatoms. The van der Waals surface area contributed by atoms with Crippen molar-refractivity contribution in [3.8, 4) is 0 Å². The highest BCUT2D eigenvalue weighted by Crippen LogP contribution is 2.41. The summed E-state index contributed by atoms with van der Waals surface area (Å²) in [5.41, 5.74) is 1.01. The molecule has 0 spiro atoms. The van der Waals surface area contributed by atoms with Crippen molar-refractivity contribution in [1.29, 1.82) is 0 Å². The first-order valence-corrected chi connectivity index (χ1v) is 13.2. The molecule has 0 amide bonds. The third kappa shape index (κ3) is 5.36. The molecule has 2 unspecified atom stereocenters. The van der Waals surface area contributed by atoms with E-state index in [0.29, 0.717) is 0 Å². The monoisotopic (exact) mass is 514 g/mol.